The van der Waals surface area contributed by atoms with Crippen LogP contribution in [0, 0.1) is 0 Å². The summed E-state index contributed by atoms with van der Waals surface area (Å²) in [5.41, 5.74) is 2.91. The first kappa shape index (κ1) is 14.6. The molecule has 0 radical (unpaired) electrons. The summed E-state index contributed by atoms with van der Waals surface area (Å²) >= 11 is 3.41. The molecule has 0 unspecified atom stereocenters. The Morgan fingerprint density at radius 1 is 1.20 bits per heavy atom. The van der Waals surface area contributed by atoms with Gasteiger partial charge in [-0.2, -0.15) is 0 Å². The van der Waals surface area contributed by atoms with Gasteiger partial charge < -0.3 is 9.64 Å². The Bertz CT molecular complexity index is 596. The van der Waals surface area contributed by atoms with Crippen LogP contribution in [0.2, 0.25) is 0 Å². The quantitative estimate of drug-likeness (QED) is 0.777. The summed E-state index contributed by atoms with van der Waals surface area (Å²) in [6, 6.07) is 13.7. The molecule has 2 rings (SSSR count). The lowest BCUT2D eigenvalue weighted by Crippen LogP contribution is -2.16. The molecule has 0 saturated heterocycles. The Balaban J connectivity index is 2.12. The van der Waals surface area contributed by atoms with E-state index in [9.17, 15) is 4.79 Å². The van der Waals surface area contributed by atoms with Gasteiger partial charge in [-0.05, 0) is 51.8 Å². The van der Waals surface area contributed by atoms with Crippen molar-refractivity contribution >= 4 is 27.9 Å². The van der Waals surface area contributed by atoms with E-state index in [0.717, 1.165) is 28.7 Å². The minimum absolute atomic E-state index is 0.659. The molecular weight excluding hydrogens is 318 g/mol. The molecular formula is C16H16BrNO2. The average Bonchev–Trinajstić information content (AvgIpc) is 2.48. The van der Waals surface area contributed by atoms with Crippen molar-refractivity contribution in [3.05, 3.63) is 58.1 Å². The predicted octanol–water partition coefficient (Wildman–Crippen LogP) is 3.91. The van der Waals surface area contributed by atoms with Crippen molar-refractivity contribution in [3.63, 3.8) is 0 Å². The number of aldehydes is 1. The maximum Gasteiger partial charge on any atom is 0.151 e. The summed E-state index contributed by atoms with van der Waals surface area (Å²) in [4.78, 5) is 12.9. The van der Waals surface area contributed by atoms with Crippen LogP contribution in [-0.2, 0) is 6.54 Å². The molecule has 0 saturated carbocycles. The van der Waals surface area contributed by atoms with Gasteiger partial charge in [0.25, 0.3) is 0 Å². The second kappa shape index (κ2) is 6.57. The Kier molecular flexibility index (Phi) is 4.79. The van der Waals surface area contributed by atoms with Crippen LogP contribution in [0.15, 0.2) is 46.9 Å². The molecule has 0 amide bonds. The van der Waals surface area contributed by atoms with Gasteiger partial charge >= 0.3 is 0 Å². The van der Waals surface area contributed by atoms with Crippen LogP contribution < -0.4 is 9.64 Å². The van der Waals surface area contributed by atoms with Gasteiger partial charge in [0.05, 0.1) is 7.11 Å². The zero-order valence-electron chi connectivity index (χ0n) is 11.5. The zero-order chi connectivity index (χ0) is 14.5. The van der Waals surface area contributed by atoms with Crippen LogP contribution >= 0.6 is 15.9 Å². The van der Waals surface area contributed by atoms with E-state index in [1.165, 1.54) is 5.56 Å². The molecule has 0 aliphatic heterocycles. The topological polar surface area (TPSA) is 29.5 Å². The maximum absolute atomic E-state index is 10.8. The van der Waals surface area contributed by atoms with Gasteiger partial charge in [0.2, 0.25) is 0 Å². The molecule has 104 valence electrons. The van der Waals surface area contributed by atoms with Crippen LogP contribution in [-0.4, -0.2) is 20.4 Å². The SMILES string of the molecule is COc1ccc(CN(C)c2ccc(C=O)c(Br)c2)cc1. The normalized spacial score (nSPS) is 10.2. The summed E-state index contributed by atoms with van der Waals surface area (Å²) in [6.45, 7) is 0.789. The maximum atomic E-state index is 10.8. The van der Waals surface area contributed by atoms with Crippen LogP contribution in [0.5, 0.6) is 5.75 Å². The molecule has 0 aromatic heterocycles. The smallest absolute Gasteiger partial charge is 0.151 e. The second-order valence-electron chi connectivity index (χ2n) is 4.53. The molecule has 4 heteroatoms. The number of ether oxygens (including phenoxy) is 1. The molecule has 0 N–H and O–H groups in total. The Hall–Kier alpha value is -1.81. The number of nitrogens with zero attached hydrogens (tertiary/aromatic N) is 1. The number of methoxy groups -OCH3 is 1. The third-order valence-electron chi connectivity index (χ3n) is 3.13. The summed E-state index contributed by atoms with van der Waals surface area (Å²) in [6.07, 6.45) is 0.845. The van der Waals surface area contributed by atoms with E-state index < -0.39 is 0 Å². The van der Waals surface area contributed by atoms with Crippen molar-refractivity contribution in [2.45, 2.75) is 6.54 Å². The Morgan fingerprint density at radius 3 is 2.45 bits per heavy atom. The van der Waals surface area contributed by atoms with Gasteiger partial charge in [0, 0.05) is 29.3 Å². The van der Waals surface area contributed by atoms with Crippen molar-refractivity contribution in [2.75, 3.05) is 19.1 Å². The third-order valence-corrected chi connectivity index (χ3v) is 3.82. The largest absolute Gasteiger partial charge is 0.497 e. The van der Waals surface area contributed by atoms with E-state index in [2.05, 4.69) is 20.8 Å². The number of carbonyl (C=O) groups excluding carboxylic acids is 1. The molecule has 0 fully saturated rings. The molecule has 0 atom stereocenters. The standard InChI is InChI=1S/C16H16BrNO2/c1-18(10-12-3-7-15(20-2)8-4-12)14-6-5-13(11-19)16(17)9-14/h3-9,11H,10H2,1-2H3. The van der Waals surface area contributed by atoms with Crippen molar-refractivity contribution < 1.29 is 9.53 Å². The van der Waals surface area contributed by atoms with Crippen molar-refractivity contribution in [1.29, 1.82) is 0 Å². The number of hydrogen-bond donors (Lipinski definition) is 0. The second-order valence-corrected chi connectivity index (χ2v) is 5.38. The van der Waals surface area contributed by atoms with Gasteiger partial charge in [-0.15, -0.1) is 0 Å². The molecule has 2 aromatic rings. The first-order valence-corrected chi connectivity index (χ1v) is 7.02. The van der Waals surface area contributed by atoms with E-state index in [1.807, 2.05) is 49.5 Å². The molecule has 0 bridgehead atoms. The van der Waals surface area contributed by atoms with Crippen LogP contribution in [0.4, 0.5) is 5.69 Å². The number of halogens is 1. The summed E-state index contributed by atoms with van der Waals surface area (Å²) in [5, 5.41) is 0. The van der Waals surface area contributed by atoms with E-state index >= 15 is 0 Å². The van der Waals surface area contributed by atoms with E-state index in [0.29, 0.717) is 5.56 Å². The minimum Gasteiger partial charge on any atom is -0.497 e. The molecule has 0 spiro atoms. The van der Waals surface area contributed by atoms with Gasteiger partial charge in [0.1, 0.15) is 5.75 Å². The van der Waals surface area contributed by atoms with Crippen molar-refractivity contribution in [2.24, 2.45) is 0 Å². The summed E-state index contributed by atoms with van der Waals surface area (Å²) in [5.74, 6) is 0.856. The highest BCUT2D eigenvalue weighted by molar-refractivity contribution is 9.10. The van der Waals surface area contributed by atoms with Gasteiger partial charge in [0.15, 0.2) is 6.29 Å². The Labute approximate surface area is 127 Å². The summed E-state index contributed by atoms with van der Waals surface area (Å²) < 4.78 is 5.96. The van der Waals surface area contributed by atoms with Crippen molar-refractivity contribution in [1.82, 2.24) is 0 Å². The molecule has 20 heavy (non-hydrogen) atoms. The van der Waals surface area contributed by atoms with E-state index in [-0.39, 0.29) is 0 Å². The van der Waals surface area contributed by atoms with E-state index in [4.69, 9.17) is 4.74 Å². The summed E-state index contributed by atoms with van der Waals surface area (Å²) in [7, 11) is 3.68. The minimum atomic E-state index is 0.659. The number of benzene rings is 2. The highest BCUT2D eigenvalue weighted by atomic mass is 79.9. The molecule has 0 aliphatic rings. The lowest BCUT2D eigenvalue weighted by Gasteiger charge is -2.20. The number of rotatable bonds is 5. The number of carbonyl (C=O) groups is 1. The fourth-order valence-corrected chi connectivity index (χ4v) is 2.41. The van der Waals surface area contributed by atoms with Gasteiger partial charge in [-0.1, -0.05) is 12.1 Å². The van der Waals surface area contributed by atoms with E-state index in [1.54, 1.807) is 7.11 Å². The van der Waals surface area contributed by atoms with Crippen LogP contribution in [0.25, 0.3) is 0 Å². The average molecular weight is 334 g/mol. The number of hydrogen-bond acceptors (Lipinski definition) is 3. The van der Waals surface area contributed by atoms with Crippen LogP contribution in [0.3, 0.4) is 0 Å². The zero-order valence-corrected chi connectivity index (χ0v) is 13.1. The number of anilines is 1. The Morgan fingerprint density at radius 2 is 1.90 bits per heavy atom. The molecule has 2 aromatic carbocycles. The lowest BCUT2D eigenvalue weighted by molar-refractivity contribution is 0.112. The predicted molar refractivity (Wildman–Crippen MR) is 84.6 cm³/mol. The fraction of sp³-hybridized carbons (Fsp3) is 0.188. The van der Waals surface area contributed by atoms with Crippen LogP contribution in [0.1, 0.15) is 15.9 Å². The molecule has 0 heterocycles. The lowest BCUT2D eigenvalue weighted by atomic mass is 10.1. The van der Waals surface area contributed by atoms with Gasteiger partial charge in [-0.3, -0.25) is 4.79 Å². The van der Waals surface area contributed by atoms with Crippen molar-refractivity contribution in [3.8, 4) is 5.75 Å². The molecule has 0 aliphatic carbocycles. The first-order valence-electron chi connectivity index (χ1n) is 6.23. The van der Waals surface area contributed by atoms with Gasteiger partial charge in [-0.25, -0.2) is 0 Å². The third kappa shape index (κ3) is 3.39. The molecule has 3 nitrogen and oxygen atoms in total. The highest BCUT2D eigenvalue weighted by Gasteiger charge is 2.05. The first-order chi connectivity index (χ1) is 9.63. The fourth-order valence-electron chi connectivity index (χ4n) is 1.95. The highest BCUT2D eigenvalue weighted by Crippen LogP contribution is 2.24. The monoisotopic (exact) mass is 333 g/mol.